The molecule has 2 aromatic heterocycles. The minimum absolute atomic E-state index is 0.104. The largest absolute Gasteiger partial charge is 0.416 e. The number of rotatable bonds is 4. The van der Waals surface area contributed by atoms with Gasteiger partial charge in [0.1, 0.15) is 5.82 Å². The maximum absolute atomic E-state index is 13.4. The number of hydrogen-bond acceptors (Lipinski definition) is 5. The molecule has 0 radical (unpaired) electrons. The smallest absolute Gasteiger partial charge is 0.362 e. The summed E-state index contributed by atoms with van der Waals surface area (Å²) in [6.07, 6.45) is -0.620. The van der Waals surface area contributed by atoms with Crippen molar-refractivity contribution in [2.45, 2.75) is 52.5 Å². The second kappa shape index (κ2) is 8.55. The summed E-state index contributed by atoms with van der Waals surface area (Å²) in [6, 6.07) is 10.1. The Morgan fingerprint density at radius 1 is 1.11 bits per heavy atom. The van der Waals surface area contributed by atoms with Crippen molar-refractivity contribution in [3.8, 4) is 0 Å². The first-order valence-corrected chi connectivity index (χ1v) is 11.6. The van der Waals surface area contributed by atoms with Crippen LogP contribution in [0.3, 0.4) is 0 Å². The minimum Gasteiger partial charge on any atom is -0.362 e. The molecule has 0 bridgehead atoms. The quantitative estimate of drug-likeness (QED) is 0.376. The number of imidazole rings is 1. The highest BCUT2D eigenvalue weighted by atomic mass is 19.4. The SMILES string of the molecule is Cc1cn2c(n1)C(C)N(c1ccc3cnnc(N[C@H](C)c4cccc(C(F)(F)F)c4C)c3c1)CC2. The van der Waals surface area contributed by atoms with E-state index in [2.05, 4.69) is 50.2 Å². The molecule has 9 heteroatoms. The monoisotopic (exact) mass is 480 g/mol. The number of hydrogen-bond donors (Lipinski definition) is 1. The van der Waals surface area contributed by atoms with Gasteiger partial charge in [0.15, 0.2) is 5.82 Å². The second-order valence-corrected chi connectivity index (χ2v) is 9.15. The molecule has 0 spiro atoms. The summed E-state index contributed by atoms with van der Waals surface area (Å²) in [5, 5.41) is 13.5. The molecule has 1 unspecified atom stereocenters. The third-order valence-electron chi connectivity index (χ3n) is 6.83. The van der Waals surface area contributed by atoms with E-state index >= 15 is 0 Å². The van der Waals surface area contributed by atoms with E-state index in [1.807, 2.05) is 19.9 Å². The lowest BCUT2D eigenvalue weighted by molar-refractivity contribution is -0.138. The highest BCUT2D eigenvalue weighted by Gasteiger charge is 2.33. The molecule has 2 atom stereocenters. The lowest BCUT2D eigenvalue weighted by Crippen LogP contribution is -2.36. The van der Waals surface area contributed by atoms with Crippen LogP contribution in [0.2, 0.25) is 0 Å². The molecule has 6 nitrogen and oxygen atoms in total. The molecule has 1 aliphatic heterocycles. The molecule has 0 saturated heterocycles. The van der Waals surface area contributed by atoms with E-state index in [1.54, 1.807) is 12.3 Å². The highest BCUT2D eigenvalue weighted by Crippen LogP contribution is 2.37. The third kappa shape index (κ3) is 4.19. The van der Waals surface area contributed by atoms with E-state index in [9.17, 15) is 13.2 Å². The molecule has 2 aromatic carbocycles. The predicted octanol–water partition coefficient (Wildman–Crippen LogP) is 6.22. The van der Waals surface area contributed by atoms with Crippen molar-refractivity contribution >= 4 is 22.3 Å². The Bertz CT molecular complexity index is 1390. The molecule has 0 aliphatic carbocycles. The molecular weight excluding hydrogens is 453 g/mol. The van der Waals surface area contributed by atoms with Gasteiger partial charge in [-0.3, -0.25) is 0 Å². The molecule has 1 aliphatic rings. The maximum atomic E-state index is 13.4. The van der Waals surface area contributed by atoms with Gasteiger partial charge in [0, 0.05) is 35.7 Å². The van der Waals surface area contributed by atoms with Gasteiger partial charge in [-0.05, 0) is 57.0 Å². The van der Waals surface area contributed by atoms with Crippen LogP contribution in [0.1, 0.15) is 54.1 Å². The van der Waals surface area contributed by atoms with Gasteiger partial charge in [-0.1, -0.05) is 18.2 Å². The van der Waals surface area contributed by atoms with Crippen molar-refractivity contribution in [2.24, 2.45) is 0 Å². The number of aryl methyl sites for hydroxylation is 1. The van der Waals surface area contributed by atoms with E-state index in [-0.39, 0.29) is 11.6 Å². The molecule has 4 aromatic rings. The Hall–Kier alpha value is -3.62. The van der Waals surface area contributed by atoms with Crippen LogP contribution in [0.15, 0.2) is 48.8 Å². The third-order valence-corrected chi connectivity index (χ3v) is 6.83. The molecule has 0 amide bonds. The summed E-state index contributed by atoms with van der Waals surface area (Å²) in [5.41, 5.74) is 2.20. The van der Waals surface area contributed by atoms with Crippen LogP contribution in [0.4, 0.5) is 24.7 Å². The summed E-state index contributed by atoms with van der Waals surface area (Å²) in [7, 11) is 0. The van der Waals surface area contributed by atoms with Gasteiger partial charge in [0.05, 0.1) is 29.5 Å². The summed E-state index contributed by atoms with van der Waals surface area (Å²) in [5.74, 6) is 1.57. The standard InChI is InChI=1S/C26H27F3N6/c1-15-14-34-10-11-35(18(4)25(34)31-15)20-9-8-19-13-30-33-24(22(19)12-20)32-17(3)21-6-5-7-23(16(21)2)26(27,28)29/h5-9,12-14,17-18H,10-11H2,1-4H3,(H,32,33)/t17-,18?/m1/s1. The normalized spacial score (nSPS) is 16.9. The van der Waals surface area contributed by atoms with Crippen LogP contribution < -0.4 is 10.2 Å². The van der Waals surface area contributed by atoms with Crippen LogP contribution in [-0.4, -0.2) is 26.3 Å². The second-order valence-electron chi connectivity index (χ2n) is 9.15. The van der Waals surface area contributed by atoms with Crippen LogP contribution >= 0.6 is 0 Å². The van der Waals surface area contributed by atoms with Crippen LogP contribution in [-0.2, 0) is 12.7 Å². The maximum Gasteiger partial charge on any atom is 0.416 e. The van der Waals surface area contributed by atoms with Gasteiger partial charge in [-0.15, -0.1) is 5.10 Å². The zero-order valence-corrected chi connectivity index (χ0v) is 20.1. The fourth-order valence-corrected chi connectivity index (χ4v) is 5.04. The number of alkyl halides is 3. The van der Waals surface area contributed by atoms with Crippen LogP contribution in [0.5, 0.6) is 0 Å². The van der Waals surface area contributed by atoms with Gasteiger partial charge in [0.2, 0.25) is 0 Å². The van der Waals surface area contributed by atoms with Crippen molar-refractivity contribution in [3.63, 3.8) is 0 Å². The van der Waals surface area contributed by atoms with Gasteiger partial charge in [0.25, 0.3) is 0 Å². The van der Waals surface area contributed by atoms with Crippen LogP contribution in [0.25, 0.3) is 10.8 Å². The molecule has 0 saturated carbocycles. The van der Waals surface area contributed by atoms with Crippen molar-refractivity contribution < 1.29 is 13.2 Å². The average molecular weight is 481 g/mol. The van der Waals surface area contributed by atoms with Crippen molar-refractivity contribution in [1.29, 1.82) is 0 Å². The molecule has 5 rings (SSSR count). The number of aromatic nitrogens is 4. The highest BCUT2D eigenvalue weighted by molar-refractivity contribution is 5.93. The topological polar surface area (TPSA) is 58.9 Å². The van der Waals surface area contributed by atoms with Crippen molar-refractivity contribution in [3.05, 3.63) is 77.0 Å². The molecule has 35 heavy (non-hydrogen) atoms. The summed E-state index contributed by atoms with van der Waals surface area (Å²) in [6.45, 7) is 9.18. The fourth-order valence-electron chi connectivity index (χ4n) is 5.04. The predicted molar refractivity (Wildman–Crippen MR) is 130 cm³/mol. The Balaban J connectivity index is 1.48. The van der Waals surface area contributed by atoms with E-state index in [0.29, 0.717) is 11.4 Å². The Morgan fingerprint density at radius 2 is 1.91 bits per heavy atom. The number of benzene rings is 2. The van der Waals surface area contributed by atoms with Gasteiger partial charge >= 0.3 is 6.18 Å². The average Bonchev–Trinajstić information content (AvgIpc) is 3.20. The van der Waals surface area contributed by atoms with Gasteiger partial charge < -0.3 is 14.8 Å². The zero-order valence-electron chi connectivity index (χ0n) is 20.1. The fraction of sp³-hybridized carbons (Fsp3) is 0.346. The first-order chi connectivity index (χ1) is 16.6. The number of fused-ring (bicyclic) bond motifs is 2. The van der Waals surface area contributed by atoms with Crippen molar-refractivity contribution in [2.75, 3.05) is 16.8 Å². The van der Waals surface area contributed by atoms with E-state index in [1.165, 1.54) is 13.0 Å². The summed E-state index contributed by atoms with van der Waals surface area (Å²) >= 11 is 0. The zero-order chi connectivity index (χ0) is 24.9. The molecule has 3 heterocycles. The number of nitrogens with one attached hydrogen (secondary N) is 1. The lowest BCUT2D eigenvalue weighted by atomic mass is 9.97. The molecule has 182 valence electrons. The summed E-state index contributed by atoms with van der Waals surface area (Å²) < 4.78 is 42.5. The molecular formula is C26H27F3N6. The molecule has 0 fully saturated rings. The molecule has 1 N–H and O–H groups in total. The Kier molecular flexibility index (Phi) is 5.65. The number of anilines is 2. The lowest BCUT2D eigenvalue weighted by Gasteiger charge is -2.35. The van der Waals surface area contributed by atoms with E-state index in [0.717, 1.165) is 47.1 Å². The van der Waals surface area contributed by atoms with Gasteiger partial charge in [-0.2, -0.15) is 18.3 Å². The van der Waals surface area contributed by atoms with Gasteiger partial charge in [-0.25, -0.2) is 4.98 Å². The Labute approximate surface area is 201 Å². The van der Waals surface area contributed by atoms with E-state index in [4.69, 9.17) is 4.98 Å². The van der Waals surface area contributed by atoms with E-state index < -0.39 is 17.8 Å². The number of halogens is 3. The first-order valence-electron chi connectivity index (χ1n) is 11.6. The summed E-state index contributed by atoms with van der Waals surface area (Å²) in [4.78, 5) is 7.01. The number of nitrogens with zero attached hydrogens (tertiary/aromatic N) is 5. The van der Waals surface area contributed by atoms with Crippen LogP contribution in [0, 0.1) is 13.8 Å². The minimum atomic E-state index is -4.40. The first kappa shape index (κ1) is 23.1. The van der Waals surface area contributed by atoms with Crippen molar-refractivity contribution in [1.82, 2.24) is 19.7 Å². The Morgan fingerprint density at radius 3 is 2.69 bits per heavy atom.